The van der Waals surface area contributed by atoms with Gasteiger partial charge in [-0.05, 0) is 43.4 Å². The van der Waals surface area contributed by atoms with Crippen molar-refractivity contribution in [3.05, 3.63) is 51.9 Å². The highest BCUT2D eigenvalue weighted by Gasteiger charge is 2.26. The number of hydrogen-bond donors (Lipinski definition) is 1. The maximum absolute atomic E-state index is 12.3. The number of amides is 1. The third-order valence-electron chi connectivity index (χ3n) is 4.70. The van der Waals surface area contributed by atoms with Crippen LogP contribution < -0.4 is 20.3 Å². The van der Waals surface area contributed by atoms with Crippen molar-refractivity contribution in [3.63, 3.8) is 0 Å². The van der Waals surface area contributed by atoms with Crippen LogP contribution in [-0.2, 0) is 24.2 Å². The molecule has 1 aromatic heterocycles. The molecule has 1 aliphatic carbocycles. The summed E-state index contributed by atoms with van der Waals surface area (Å²) in [6.45, 7) is 0.813. The number of benzene rings is 1. The van der Waals surface area contributed by atoms with Gasteiger partial charge in [0.1, 0.15) is 6.61 Å². The molecule has 1 aromatic carbocycles. The maximum atomic E-state index is 12.3. The van der Waals surface area contributed by atoms with Crippen molar-refractivity contribution in [2.75, 3.05) is 13.2 Å². The van der Waals surface area contributed by atoms with Gasteiger partial charge in [0, 0.05) is 12.6 Å². The first-order valence-corrected chi connectivity index (χ1v) is 8.97. The summed E-state index contributed by atoms with van der Waals surface area (Å²) in [5, 5.41) is 7.24. The van der Waals surface area contributed by atoms with Crippen molar-refractivity contribution >= 4 is 5.91 Å². The Balaban J connectivity index is 1.34. The number of carbonyl (C=O) groups is 1. The predicted octanol–water partition coefficient (Wildman–Crippen LogP) is 1.08. The molecule has 0 spiro atoms. The van der Waals surface area contributed by atoms with E-state index in [9.17, 15) is 9.59 Å². The van der Waals surface area contributed by atoms with Gasteiger partial charge >= 0.3 is 0 Å². The zero-order valence-corrected chi connectivity index (χ0v) is 14.4. The first-order valence-electron chi connectivity index (χ1n) is 8.97. The lowest BCUT2D eigenvalue weighted by atomic mass is 9.97. The number of para-hydroxylation sites is 2. The first-order chi connectivity index (χ1) is 12.7. The Hall–Kier alpha value is -2.83. The lowest BCUT2D eigenvalue weighted by Crippen LogP contribution is -2.45. The van der Waals surface area contributed by atoms with Gasteiger partial charge in [-0.15, -0.1) is 0 Å². The van der Waals surface area contributed by atoms with Gasteiger partial charge in [-0.25, -0.2) is 4.68 Å². The quantitative estimate of drug-likeness (QED) is 0.887. The van der Waals surface area contributed by atoms with Crippen LogP contribution in [0.1, 0.15) is 24.1 Å². The van der Waals surface area contributed by atoms with E-state index in [1.165, 1.54) is 4.68 Å². The minimum Gasteiger partial charge on any atom is -0.485 e. The molecule has 2 heterocycles. The predicted molar refractivity (Wildman–Crippen MR) is 94.5 cm³/mol. The number of hydrogen-bond acceptors (Lipinski definition) is 5. The highest BCUT2D eigenvalue weighted by Crippen LogP contribution is 2.30. The first kappa shape index (κ1) is 16.6. The molecule has 1 amide bonds. The van der Waals surface area contributed by atoms with E-state index >= 15 is 0 Å². The number of nitrogens with zero attached hydrogens (tertiary/aromatic N) is 2. The molecule has 0 bridgehead atoms. The number of ether oxygens (including phenoxy) is 2. The molecule has 1 atom stereocenters. The summed E-state index contributed by atoms with van der Waals surface area (Å²) in [6.07, 6.45) is 3.36. The lowest BCUT2D eigenvalue weighted by Gasteiger charge is -2.25. The van der Waals surface area contributed by atoms with Crippen molar-refractivity contribution in [2.24, 2.45) is 0 Å². The largest absolute Gasteiger partial charge is 0.485 e. The molecule has 0 fully saturated rings. The summed E-state index contributed by atoms with van der Waals surface area (Å²) in [4.78, 5) is 24.4. The molecule has 0 saturated heterocycles. The lowest BCUT2D eigenvalue weighted by molar-refractivity contribution is -0.130. The molecule has 1 aliphatic heterocycles. The maximum Gasteiger partial charge on any atom is 0.267 e. The van der Waals surface area contributed by atoms with Gasteiger partial charge in [0.2, 0.25) is 6.10 Å². The van der Waals surface area contributed by atoms with E-state index in [-0.39, 0.29) is 18.1 Å². The van der Waals surface area contributed by atoms with Crippen LogP contribution in [0.2, 0.25) is 0 Å². The van der Waals surface area contributed by atoms with Crippen molar-refractivity contribution in [2.45, 2.75) is 38.3 Å². The summed E-state index contributed by atoms with van der Waals surface area (Å²) in [6, 6.07) is 8.93. The average Bonchev–Trinajstić information content (AvgIpc) is 2.68. The summed E-state index contributed by atoms with van der Waals surface area (Å²) < 4.78 is 12.7. The molecule has 0 radical (unpaired) electrons. The summed E-state index contributed by atoms with van der Waals surface area (Å²) in [5.74, 6) is 0.943. The second-order valence-electron chi connectivity index (χ2n) is 6.54. The van der Waals surface area contributed by atoms with E-state index in [2.05, 4.69) is 10.4 Å². The van der Waals surface area contributed by atoms with Gasteiger partial charge in [-0.2, -0.15) is 5.10 Å². The fourth-order valence-corrected chi connectivity index (χ4v) is 3.31. The zero-order valence-electron chi connectivity index (χ0n) is 14.4. The molecular weight excluding hydrogens is 334 g/mol. The minimum absolute atomic E-state index is 0.119. The minimum atomic E-state index is -0.696. The Kier molecular flexibility index (Phi) is 4.60. The third kappa shape index (κ3) is 3.42. The molecule has 7 heteroatoms. The van der Waals surface area contributed by atoms with E-state index in [0.717, 1.165) is 36.9 Å². The monoisotopic (exact) mass is 355 g/mol. The molecule has 1 unspecified atom stereocenters. The third-order valence-corrected chi connectivity index (χ3v) is 4.70. The standard InChI is InChI=1S/C19H21N3O4/c23-18-11-13-5-1-2-6-14(13)21-22(18)10-9-20-19(24)17-12-25-15-7-3-4-8-16(15)26-17/h3-4,7-8,11,17H,1-2,5-6,9-10,12H2,(H,20,24). The molecule has 0 saturated carbocycles. The summed E-state index contributed by atoms with van der Waals surface area (Å²) >= 11 is 0. The van der Waals surface area contributed by atoms with Crippen LogP contribution >= 0.6 is 0 Å². The van der Waals surface area contributed by atoms with E-state index < -0.39 is 6.10 Å². The van der Waals surface area contributed by atoms with E-state index in [1.807, 2.05) is 12.1 Å². The van der Waals surface area contributed by atoms with Gasteiger partial charge in [0.15, 0.2) is 11.5 Å². The van der Waals surface area contributed by atoms with Gasteiger partial charge in [-0.1, -0.05) is 12.1 Å². The van der Waals surface area contributed by atoms with Crippen LogP contribution in [0.4, 0.5) is 0 Å². The molecule has 2 aliphatic rings. The second-order valence-corrected chi connectivity index (χ2v) is 6.54. The van der Waals surface area contributed by atoms with Crippen molar-refractivity contribution in [1.29, 1.82) is 0 Å². The molecule has 7 nitrogen and oxygen atoms in total. The van der Waals surface area contributed by atoms with Gasteiger partial charge in [-0.3, -0.25) is 9.59 Å². The Morgan fingerprint density at radius 3 is 2.92 bits per heavy atom. The Bertz CT molecular complexity index is 877. The molecule has 26 heavy (non-hydrogen) atoms. The normalized spacial score (nSPS) is 18.1. The fourth-order valence-electron chi connectivity index (χ4n) is 3.31. The van der Waals surface area contributed by atoms with E-state index in [4.69, 9.17) is 9.47 Å². The van der Waals surface area contributed by atoms with Crippen LogP contribution in [0.3, 0.4) is 0 Å². The highest BCUT2D eigenvalue weighted by molar-refractivity contribution is 5.81. The number of aromatic nitrogens is 2. The fraction of sp³-hybridized carbons (Fsp3) is 0.421. The van der Waals surface area contributed by atoms with Crippen LogP contribution in [0.25, 0.3) is 0 Å². The van der Waals surface area contributed by atoms with Gasteiger partial charge in [0.25, 0.3) is 11.5 Å². The van der Waals surface area contributed by atoms with Crippen molar-refractivity contribution in [1.82, 2.24) is 15.1 Å². The van der Waals surface area contributed by atoms with E-state index in [1.54, 1.807) is 18.2 Å². The van der Waals surface area contributed by atoms with Crippen LogP contribution in [0.5, 0.6) is 11.5 Å². The number of rotatable bonds is 4. The van der Waals surface area contributed by atoms with Crippen molar-refractivity contribution in [3.8, 4) is 11.5 Å². The Morgan fingerprint density at radius 1 is 1.23 bits per heavy atom. The number of aryl methyl sites for hydroxylation is 2. The zero-order chi connectivity index (χ0) is 17.9. The highest BCUT2D eigenvalue weighted by atomic mass is 16.6. The smallest absolute Gasteiger partial charge is 0.267 e. The molecule has 2 aromatic rings. The topological polar surface area (TPSA) is 82.5 Å². The average molecular weight is 355 g/mol. The number of nitrogens with one attached hydrogen (secondary N) is 1. The Labute approximate surface area is 150 Å². The summed E-state index contributed by atoms with van der Waals surface area (Å²) in [5.41, 5.74) is 1.95. The van der Waals surface area contributed by atoms with Crippen LogP contribution in [0.15, 0.2) is 35.1 Å². The number of carbonyl (C=O) groups excluding carboxylic acids is 1. The second kappa shape index (κ2) is 7.19. The van der Waals surface area contributed by atoms with Crippen LogP contribution in [-0.4, -0.2) is 34.9 Å². The molecule has 1 N–H and O–H groups in total. The van der Waals surface area contributed by atoms with Gasteiger partial charge < -0.3 is 14.8 Å². The summed E-state index contributed by atoms with van der Waals surface area (Å²) in [7, 11) is 0. The molecule has 136 valence electrons. The van der Waals surface area contributed by atoms with E-state index in [0.29, 0.717) is 24.6 Å². The number of fused-ring (bicyclic) bond motifs is 2. The van der Waals surface area contributed by atoms with Crippen LogP contribution in [0, 0.1) is 0 Å². The Morgan fingerprint density at radius 2 is 2.04 bits per heavy atom. The SMILES string of the molecule is O=C(NCCn1nc2c(cc1=O)CCCC2)C1COc2ccccc2O1. The van der Waals surface area contributed by atoms with Gasteiger partial charge in [0.05, 0.1) is 12.2 Å². The molecule has 4 rings (SSSR count). The van der Waals surface area contributed by atoms with Crippen molar-refractivity contribution < 1.29 is 14.3 Å². The molecular formula is C19H21N3O4.